The lowest BCUT2D eigenvalue weighted by atomic mass is 9.97. The highest BCUT2D eigenvalue weighted by Crippen LogP contribution is 2.26. The number of nitrogens with zero attached hydrogens (tertiary/aromatic N) is 2. The quantitative estimate of drug-likeness (QED) is 0.824. The Morgan fingerprint density at radius 1 is 1.21 bits per heavy atom. The molecule has 0 aliphatic heterocycles. The second-order valence-corrected chi connectivity index (χ2v) is 5.52. The van der Waals surface area contributed by atoms with E-state index in [2.05, 4.69) is 29.1 Å². The second-order valence-electron chi connectivity index (χ2n) is 5.52. The standard InChI is InChI=1S/C18H21N3O3/c1-4-12(2)14-7-5-6-8-15(14)21-17(22)13(3)24-18(23)16-11-19-9-10-20-16/h5-13H,4H2,1-3H3,(H,21,22)/t12-,13+/m0/s1. The molecule has 1 aromatic carbocycles. The van der Waals surface area contributed by atoms with Crippen LogP contribution in [0.1, 0.15) is 49.2 Å². The Hall–Kier alpha value is -2.76. The number of carbonyl (C=O) groups is 2. The van der Waals surface area contributed by atoms with E-state index < -0.39 is 12.1 Å². The Balaban J connectivity index is 2.03. The second kappa shape index (κ2) is 8.19. The first-order valence-corrected chi connectivity index (χ1v) is 7.89. The van der Waals surface area contributed by atoms with Gasteiger partial charge in [0.1, 0.15) is 0 Å². The first-order valence-electron chi connectivity index (χ1n) is 7.89. The zero-order chi connectivity index (χ0) is 17.5. The van der Waals surface area contributed by atoms with Crippen LogP contribution in [0.5, 0.6) is 0 Å². The van der Waals surface area contributed by atoms with Crippen molar-refractivity contribution >= 4 is 17.6 Å². The predicted octanol–water partition coefficient (Wildman–Crippen LogP) is 3.17. The summed E-state index contributed by atoms with van der Waals surface area (Å²) in [5.74, 6) is -0.747. The molecule has 1 aromatic heterocycles. The average molecular weight is 327 g/mol. The van der Waals surface area contributed by atoms with E-state index in [4.69, 9.17) is 4.74 Å². The van der Waals surface area contributed by atoms with Crippen molar-refractivity contribution in [3.8, 4) is 0 Å². The number of anilines is 1. The van der Waals surface area contributed by atoms with Gasteiger partial charge in [-0.05, 0) is 30.9 Å². The molecule has 0 radical (unpaired) electrons. The van der Waals surface area contributed by atoms with Crippen LogP contribution in [0.2, 0.25) is 0 Å². The molecule has 2 aromatic rings. The van der Waals surface area contributed by atoms with E-state index in [-0.39, 0.29) is 11.6 Å². The number of rotatable bonds is 6. The molecule has 1 heterocycles. The van der Waals surface area contributed by atoms with Gasteiger partial charge in [-0.1, -0.05) is 32.0 Å². The van der Waals surface area contributed by atoms with Gasteiger partial charge in [-0.25, -0.2) is 9.78 Å². The third kappa shape index (κ3) is 4.38. The van der Waals surface area contributed by atoms with Gasteiger partial charge in [0.2, 0.25) is 0 Å². The van der Waals surface area contributed by atoms with Crippen molar-refractivity contribution in [1.29, 1.82) is 0 Å². The molecule has 0 aliphatic rings. The van der Waals surface area contributed by atoms with Gasteiger partial charge in [-0.3, -0.25) is 9.78 Å². The topological polar surface area (TPSA) is 81.2 Å². The summed E-state index contributed by atoms with van der Waals surface area (Å²) in [4.78, 5) is 31.9. The SMILES string of the molecule is CC[C@H](C)c1ccccc1NC(=O)[C@@H](C)OC(=O)c1cnccn1. The Morgan fingerprint density at radius 3 is 2.62 bits per heavy atom. The Morgan fingerprint density at radius 2 is 1.96 bits per heavy atom. The third-order valence-corrected chi connectivity index (χ3v) is 3.79. The highest BCUT2D eigenvalue weighted by atomic mass is 16.5. The molecule has 2 rings (SSSR count). The molecule has 0 aliphatic carbocycles. The summed E-state index contributed by atoms with van der Waals surface area (Å²) in [5, 5.41) is 2.83. The first-order chi connectivity index (χ1) is 11.5. The molecule has 6 heteroatoms. The molecule has 1 N–H and O–H groups in total. The van der Waals surface area contributed by atoms with E-state index in [1.165, 1.54) is 25.5 Å². The molecule has 2 atom stereocenters. The van der Waals surface area contributed by atoms with Crippen LogP contribution in [0.3, 0.4) is 0 Å². The molecule has 126 valence electrons. The van der Waals surface area contributed by atoms with Gasteiger partial charge < -0.3 is 10.1 Å². The molecule has 0 fully saturated rings. The number of amides is 1. The van der Waals surface area contributed by atoms with Gasteiger partial charge in [0.05, 0.1) is 6.20 Å². The zero-order valence-corrected chi connectivity index (χ0v) is 14.0. The van der Waals surface area contributed by atoms with Crippen LogP contribution in [0.25, 0.3) is 0 Å². The summed E-state index contributed by atoms with van der Waals surface area (Å²) in [7, 11) is 0. The molecule has 0 saturated heterocycles. The molecule has 0 spiro atoms. The van der Waals surface area contributed by atoms with Crippen LogP contribution in [-0.2, 0) is 9.53 Å². The summed E-state index contributed by atoms with van der Waals surface area (Å²) in [6.07, 6.45) is 4.17. The number of para-hydroxylation sites is 1. The minimum atomic E-state index is -0.940. The average Bonchev–Trinajstić information content (AvgIpc) is 2.62. The van der Waals surface area contributed by atoms with Gasteiger partial charge in [0.15, 0.2) is 11.8 Å². The van der Waals surface area contributed by atoms with Gasteiger partial charge >= 0.3 is 5.97 Å². The minimum absolute atomic E-state index is 0.0668. The monoisotopic (exact) mass is 327 g/mol. The maximum atomic E-state index is 12.3. The number of hydrogen-bond acceptors (Lipinski definition) is 5. The molecule has 6 nitrogen and oxygen atoms in total. The van der Waals surface area contributed by atoms with Gasteiger partial charge in [0.25, 0.3) is 5.91 Å². The summed E-state index contributed by atoms with van der Waals surface area (Å²) in [5.41, 5.74) is 1.86. The van der Waals surface area contributed by atoms with E-state index >= 15 is 0 Å². The Kier molecular flexibility index (Phi) is 6.01. The maximum absolute atomic E-state index is 12.3. The molecule has 0 unspecified atom stereocenters. The normalized spacial score (nSPS) is 13.0. The van der Waals surface area contributed by atoms with E-state index in [1.54, 1.807) is 0 Å². The Bertz CT molecular complexity index is 704. The van der Waals surface area contributed by atoms with Crippen LogP contribution in [0.4, 0.5) is 5.69 Å². The predicted molar refractivity (Wildman–Crippen MR) is 90.7 cm³/mol. The summed E-state index contributed by atoms with van der Waals surface area (Å²) in [6, 6.07) is 7.63. The number of benzene rings is 1. The maximum Gasteiger partial charge on any atom is 0.359 e. The summed E-state index contributed by atoms with van der Waals surface area (Å²) in [6.45, 7) is 5.71. The summed E-state index contributed by atoms with van der Waals surface area (Å²) >= 11 is 0. The van der Waals surface area contributed by atoms with Crippen LogP contribution in [0.15, 0.2) is 42.9 Å². The van der Waals surface area contributed by atoms with E-state index in [0.29, 0.717) is 5.92 Å². The van der Waals surface area contributed by atoms with Gasteiger partial charge in [-0.15, -0.1) is 0 Å². The minimum Gasteiger partial charge on any atom is -0.448 e. The van der Waals surface area contributed by atoms with E-state index in [0.717, 1.165) is 17.7 Å². The highest BCUT2D eigenvalue weighted by Gasteiger charge is 2.21. The van der Waals surface area contributed by atoms with E-state index in [9.17, 15) is 9.59 Å². The number of ether oxygens (including phenoxy) is 1. The fourth-order valence-corrected chi connectivity index (χ4v) is 2.17. The fraction of sp³-hybridized carbons (Fsp3) is 0.333. The Labute approximate surface area is 141 Å². The van der Waals surface area contributed by atoms with Crippen molar-refractivity contribution in [2.75, 3.05) is 5.32 Å². The zero-order valence-electron chi connectivity index (χ0n) is 14.0. The van der Waals surface area contributed by atoms with Crippen molar-refractivity contribution in [1.82, 2.24) is 9.97 Å². The van der Waals surface area contributed by atoms with Crippen LogP contribution < -0.4 is 5.32 Å². The number of nitrogens with one attached hydrogen (secondary N) is 1. The highest BCUT2D eigenvalue weighted by molar-refractivity contribution is 5.97. The molecular weight excluding hydrogens is 306 g/mol. The van der Waals surface area contributed by atoms with Crippen molar-refractivity contribution in [2.24, 2.45) is 0 Å². The largest absolute Gasteiger partial charge is 0.448 e. The lowest BCUT2D eigenvalue weighted by molar-refractivity contribution is -0.123. The van der Waals surface area contributed by atoms with Crippen LogP contribution in [-0.4, -0.2) is 27.9 Å². The lowest BCUT2D eigenvalue weighted by Crippen LogP contribution is -2.30. The first kappa shape index (κ1) is 17.6. The van der Waals surface area contributed by atoms with E-state index in [1.807, 2.05) is 24.3 Å². The van der Waals surface area contributed by atoms with Gasteiger partial charge in [0, 0.05) is 18.1 Å². The van der Waals surface area contributed by atoms with Crippen LogP contribution in [0, 0.1) is 0 Å². The number of esters is 1. The molecule has 0 saturated carbocycles. The van der Waals surface area contributed by atoms with Crippen LogP contribution >= 0.6 is 0 Å². The lowest BCUT2D eigenvalue weighted by Gasteiger charge is -2.18. The van der Waals surface area contributed by atoms with Crippen molar-refractivity contribution in [2.45, 2.75) is 39.2 Å². The van der Waals surface area contributed by atoms with Gasteiger partial charge in [-0.2, -0.15) is 0 Å². The number of hydrogen-bond donors (Lipinski definition) is 1. The third-order valence-electron chi connectivity index (χ3n) is 3.79. The smallest absolute Gasteiger partial charge is 0.359 e. The van der Waals surface area contributed by atoms with Crippen molar-refractivity contribution in [3.63, 3.8) is 0 Å². The molecular formula is C18H21N3O3. The van der Waals surface area contributed by atoms with Crippen molar-refractivity contribution in [3.05, 3.63) is 54.1 Å². The molecule has 1 amide bonds. The molecule has 24 heavy (non-hydrogen) atoms. The van der Waals surface area contributed by atoms with Crippen molar-refractivity contribution < 1.29 is 14.3 Å². The summed E-state index contributed by atoms with van der Waals surface area (Å²) < 4.78 is 5.14. The fourth-order valence-electron chi connectivity index (χ4n) is 2.17. The number of carbonyl (C=O) groups excluding carboxylic acids is 2. The molecule has 0 bridgehead atoms. The number of aromatic nitrogens is 2.